The minimum absolute atomic E-state index is 0.0542. The van der Waals surface area contributed by atoms with Crippen molar-refractivity contribution < 1.29 is 20.4 Å². The summed E-state index contributed by atoms with van der Waals surface area (Å²) < 4.78 is 0. The molecule has 0 aromatic carbocycles. The minimum atomic E-state index is -1.07. The Bertz CT molecular complexity index is 283. The van der Waals surface area contributed by atoms with Gasteiger partial charge in [-0.15, -0.1) is 0 Å². The number of fused-ring (bicyclic) bond motifs is 1. The predicted molar refractivity (Wildman–Crippen MR) is 67.9 cm³/mol. The normalized spacial score (nSPS) is 48.2. The molecular formula is C14H26O4. The van der Waals surface area contributed by atoms with Gasteiger partial charge in [0.15, 0.2) is 0 Å². The van der Waals surface area contributed by atoms with Crippen molar-refractivity contribution in [2.24, 2.45) is 11.8 Å². The van der Waals surface area contributed by atoms with Crippen LogP contribution in [-0.4, -0.2) is 44.3 Å². The van der Waals surface area contributed by atoms with Crippen LogP contribution in [0.3, 0.4) is 0 Å². The maximum absolute atomic E-state index is 10.6. The molecule has 2 rings (SSSR count). The van der Waals surface area contributed by atoms with Crippen molar-refractivity contribution in [1.82, 2.24) is 0 Å². The lowest BCUT2D eigenvalue weighted by Gasteiger charge is -2.45. The van der Waals surface area contributed by atoms with Gasteiger partial charge in [-0.05, 0) is 31.6 Å². The molecule has 2 aliphatic rings. The second-order valence-electron chi connectivity index (χ2n) is 6.16. The number of aliphatic hydroxyl groups is 4. The number of hydrogen-bond acceptors (Lipinski definition) is 4. The van der Waals surface area contributed by atoms with Crippen LogP contribution in [0.2, 0.25) is 0 Å². The van der Waals surface area contributed by atoms with E-state index in [1.54, 1.807) is 0 Å². The molecule has 0 aromatic heterocycles. The standard InChI is InChI=1S/C14H26O4/c1-2-3-4-6-14(18)7-5-9-10(15)8-11(16)12(9)13(14)17/h9-13,15-18H,2-8H2,1H3. The smallest absolute Gasteiger partial charge is 0.0909 e. The highest BCUT2D eigenvalue weighted by molar-refractivity contribution is 5.05. The van der Waals surface area contributed by atoms with Gasteiger partial charge in [-0.2, -0.15) is 0 Å². The summed E-state index contributed by atoms with van der Waals surface area (Å²) in [6.07, 6.45) is 3.07. The van der Waals surface area contributed by atoms with Gasteiger partial charge < -0.3 is 20.4 Å². The van der Waals surface area contributed by atoms with Gasteiger partial charge in [-0.3, -0.25) is 0 Å². The topological polar surface area (TPSA) is 80.9 Å². The van der Waals surface area contributed by atoms with E-state index >= 15 is 0 Å². The molecule has 4 N–H and O–H groups in total. The van der Waals surface area contributed by atoms with Gasteiger partial charge in [0.2, 0.25) is 0 Å². The molecule has 0 spiro atoms. The van der Waals surface area contributed by atoms with Crippen LogP contribution in [-0.2, 0) is 0 Å². The molecule has 0 saturated heterocycles. The van der Waals surface area contributed by atoms with E-state index in [4.69, 9.17) is 0 Å². The molecule has 0 aromatic rings. The van der Waals surface area contributed by atoms with Gasteiger partial charge in [0.1, 0.15) is 0 Å². The zero-order valence-corrected chi connectivity index (χ0v) is 11.1. The average molecular weight is 258 g/mol. The fraction of sp³-hybridized carbons (Fsp3) is 1.00. The van der Waals surface area contributed by atoms with Gasteiger partial charge in [-0.25, -0.2) is 0 Å². The van der Waals surface area contributed by atoms with E-state index in [9.17, 15) is 20.4 Å². The maximum atomic E-state index is 10.6. The molecule has 2 aliphatic carbocycles. The molecule has 2 saturated carbocycles. The molecule has 18 heavy (non-hydrogen) atoms. The zero-order chi connectivity index (χ0) is 13.3. The molecule has 0 amide bonds. The summed E-state index contributed by atoms with van der Waals surface area (Å²) >= 11 is 0. The van der Waals surface area contributed by atoms with Crippen LogP contribution < -0.4 is 0 Å². The summed E-state index contributed by atoms with van der Waals surface area (Å²) in [4.78, 5) is 0. The van der Waals surface area contributed by atoms with Crippen molar-refractivity contribution in [3.63, 3.8) is 0 Å². The van der Waals surface area contributed by atoms with E-state index in [2.05, 4.69) is 6.92 Å². The molecule has 0 heterocycles. The minimum Gasteiger partial charge on any atom is -0.393 e. The van der Waals surface area contributed by atoms with Gasteiger partial charge in [0.05, 0.1) is 23.9 Å². The third-order valence-electron chi connectivity index (χ3n) is 4.95. The van der Waals surface area contributed by atoms with Crippen LogP contribution in [0.4, 0.5) is 0 Å². The summed E-state index contributed by atoms with van der Waals surface area (Å²) in [7, 11) is 0. The lowest BCUT2D eigenvalue weighted by molar-refractivity contribution is -0.161. The SMILES string of the molecule is CCCCCC1(O)CCC2C(O)CC(O)C2C1O. The molecule has 4 heteroatoms. The van der Waals surface area contributed by atoms with E-state index in [1.807, 2.05) is 0 Å². The summed E-state index contributed by atoms with van der Waals surface area (Å²) in [6, 6.07) is 0. The van der Waals surface area contributed by atoms with Crippen LogP contribution in [0.25, 0.3) is 0 Å². The van der Waals surface area contributed by atoms with Crippen LogP contribution in [0, 0.1) is 11.8 Å². The molecule has 6 unspecified atom stereocenters. The Balaban J connectivity index is 2.03. The lowest BCUT2D eigenvalue weighted by Crippen LogP contribution is -2.54. The van der Waals surface area contributed by atoms with E-state index < -0.39 is 23.9 Å². The Morgan fingerprint density at radius 1 is 1.11 bits per heavy atom. The molecule has 6 atom stereocenters. The van der Waals surface area contributed by atoms with Gasteiger partial charge >= 0.3 is 0 Å². The Hall–Kier alpha value is -0.160. The quantitative estimate of drug-likeness (QED) is 0.563. The fourth-order valence-corrected chi connectivity index (χ4v) is 3.83. The fourth-order valence-electron chi connectivity index (χ4n) is 3.83. The van der Waals surface area contributed by atoms with E-state index in [0.717, 1.165) is 19.3 Å². The van der Waals surface area contributed by atoms with Crippen molar-refractivity contribution in [3.8, 4) is 0 Å². The van der Waals surface area contributed by atoms with Crippen molar-refractivity contribution in [3.05, 3.63) is 0 Å². The second-order valence-corrected chi connectivity index (χ2v) is 6.16. The Morgan fingerprint density at radius 2 is 1.83 bits per heavy atom. The van der Waals surface area contributed by atoms with Crippen molar-refractivity contribution in [1.29, 1.82) is 0 Å². The molecule has 4 nitrogen and oxygen atoms in total. The molecular weight excluding hydrogens is 232 g/mol. The molecule has 0 radical (unpaired) electrons. The number of hydrogen-bond donors (Lipinski definition) is 4. The monoisotopic (exact) mass is 258 g/mol. The summed E-state index contributed by atoms with van der Waals surface area (Å²) in [5.74, 6) is -0.415. The lowest BCUT2D eigenvalue weighted by atomic mass is 9.68. The summed E-state index contributed by atoms with van der Waals surface area (Å²) in [6.45, 7) is 2.11. The third-order valence-corrected chi connectivity index (χ3v) is 4.95. The third kappa shape index (κ3) is 2.44. The Kier molecular flexibility index (Phi) is 4.32. The highest BCUT2D eigenvalue weighted by atomic mass is 16.3. The molecule has 0 aliphatic heterocycles. The molecule has 106 valence electrons. The van der Waals surface area contributed by atoms with Gasteiger partial charge in [-0.1, -0.05) is 26.2 Å². The first kappa shape index (κ1) is 14.3. The van der Waals surface area contributed by atoms with Crippen LogP contribution in [0.1, 0.15) is 51.9 Å². The first-order valence-corrected chi connectivity index (χ1v) is 7.26. The van der Waals surface area contributed by atoms with E-state index in [-0.39, 0.29) is 11.8 Å². The predicted octanol–water partition coefficient (Wildman–Crippen LogP) is 0.810. The second kappa shape index (κ2) is 5.45. The highest BCUT2D eigenvalue weighted by Crippen LogP contribution is 2.47. The number of rotatable bonds is 4. The number of unbranched alkanes of at least 4 members (excludes halogenated alkanes) is 2. The van der Waals surface area contributed by atoms with E-state index in [0.29, 0.717) is 25.7 Å². The van der Waals surface area contributed by atoms with E-state index in [1.165, 1.54) is 0 Å². The van der Waals surface area contributed by atoms with Crippen LogP contribution in [0.15, 0.2) is 0 Å². The van der Waals surface area contributed by atoms with Crippen molar-refractivity contribution in [2.75, 3.05) is 0 Å². The maximum Gasteiger partial charge on any atom is 0.0909 e. The molecule has 2 fully saturated rings. The summed E-state index contributed by atoms with van der Waals surface area (Å²) in [5.41, 5.74) is -1.07. The zero-order valence-electron chi connectivity index (χ0n) is 11.1. The van der Waals surface area contributed by atoms with Crippen molar-refractivity contribution >= 4 is 0 Å². The van der Waals surface area contributed by atoms with Crippen molar-refractivity contribution in [2.45, 2.75) is 75.8 Å². The first-order valence-electron chi connectivity index (χ1n) is 7.26. The van der Waals surface area contributed by atoms with Gasteiger partial charge in [0.25, 0.3) is 0 Å². The average Bonchev–Trinajstić information content (AvgIpc) is 2.60. The highest BCUT2D eigenvalue weighted by Gasteiger charge is 2.55. The summed E-state index contributed by atoms with van der Waals surface area (Å²) in [5, 5.41) is 40.7. The Labute approximate surface area is 109 Å². The first-order chi connectivity index (χ1) is 8.49. The van der Waals surface area contributed by atoms with Crippen LogP contribution >= 0.6 is 0 Å². The van der Waals surface area contributed by atoms with Crippen LogP contribution in [0.5, 0.6) is 0 Å². The Morgan fingerprint density at radius 3 is 2.50 bits per heavy atom. The molecule has 0 bridgehead atoms. The van der Waals surface area contributed by atoms with Gasteiger partial charge in [0, 0.05) is 5.92 Å². The number of aliphatic hydroxyl groups excluding tert-OH is 3. The largest absolute Gasteiger partial charge is 0.393 e.